The minimum absolute atomic E-state index is 0.0781. The summed E-state index contributed by atoms with van der Waals surface area (Å²) in [5.74, 6) is -0.207. The normalized spacial score (nSPS) is 17.6. The Kier molecular flexibility index (Phi) is 6.32. The topological polar surface area (TPSA) is 56.1 Å². The number of alkyl halides is 3. The number of hydrogen-bond acceptors (Lipinski definition) is 3. The first-order chi connectivity index (χ1) is 16.2. The first-order valence-electron chi connectivity index (χ1n) is 10.7. The van der Waals surface area contributed by atoms with E-state index in [1.54, 1.807) is 4.68 Å². The second-order valence-corrected chi connectivity index (χ2v) is 8.24. The number of ether oxygens (including phenoxy) is 1. The fraction of sp³-hybridized carbons (Fsp3) is 0.231. The lowest BCUT2D eigenvalue weighted by atomic mass is 9.94. The van der Waals surface area contributed by atoms with Gasteiger partial charge in [0.05, 0.1) is 18.2 Å². The van der Waals surface area contributed by atoms with Gasteiger partial charge >= 0.3 is 6.18 Å². The van der Waals surface area contributed by atoms with Crippen molar-refractivity contribution < 1.29 is 22.7 Å². The van der Waals surface area contributed by atoms with Gasteiger partial charge in [0.15, 0.2) is 0 Å². The highest BCUT2D eigenvalue weighted by molar-refractivity contribution is 6.02. The summed E-state index contributed by atoms with van der Waals surface area (Å²) in [6, 6.07) is 14.1. The monoisotopic (exact) mass is 467 g/mol. The third-order valence-electron chi connectivity index (χ3n) is 5.74. The molecule has 0 aliphatic heterocycles. The molecule has 1 aliphatic carbocycles. The smallest absolute Gasteiger partial charge is 0.416 e. The van der Waals surface area contributed by atoms with E-state index in [-0.39, 0.29) is 18.0 Å². The predicted octanol–water partition coefficient (Wildman–Crippen LogP) is 5.74. The third-order valence-corrected chi connectivity index (χ3v) is 5.74. The Morgan fingerprint density at radius 2 is 1.91 bits per heavy atom. The molecule has 1 aromatic heterocycles. The molecule has 1 N–H and O–H groups in total. The number of hydrogen-bond donors (Lipinski definition) is 1. The third kappa shape index (κ3) is 4.62. The van der Waals surface area contributed by atoms with Gasteiger partial charge in [-0.3, -0.25) is 4.79 Å². The number of nitrogens with one attached hydrogen (secondary N) is 1. The van der Waals surface area contributed by atoms with Gasteiger partial charge in [-0.1, -0.05) is 66.8 Å². The van der Waals surface area contributed by atoms with Crippen LogP contribution in [0.1, 0.15) is 34.8 Å². The highest BCUT2D eigenvalue weighted by Gasteiger charge is 2.34. The summed E-state index contributed by atoms with van der Waals surface area (Å²) >= 11 is 0. The molecule has 0 radical (unpaired) electrons. The van der Waals surface area contributed by atoms with Crippen LogP contribution in [-0.4, -0.2) is 22.8 Å². The van der Waals surface area contributed by atoms with E-state index in [1.165, 1.54) is 19.2 Å². The summed E-state index contributed by atoms with van der Waals surface area (Å²) < 4.78 is 46.5. The van der Waals surface area contributed by atoms with Crippen molar-refractivity contribution in [2.24, 2.45) is 0 Å². The van der Waals surface area contributed by atoms with Crippen LogP contribution in [0.5, 0.6) is 5.88 Å². The first-order valence-corrected chi connectivity index (χ1v) is 10.7. The van der Waals surface area contributed by atoms with Crippen LogP contribution in [-0.2, 0) is 18.3 Å². The Balaban J connectivity index is 1.72. The molecule has 1 heterocycles. The molecule has 34 heavy (non-hydrogen) atoms. The van der Waals surface area contributed by atoms with Gasteiger partial charge < -0.3 is 10.1 Å². The van der Waals surface area contributed by atoms with Crippen molar-refractivity contribution in [1.82, 2.24) is 15.1 Å². The zero-order valence-electron chi connectivity index (χ0n) is 18.8. The summed E-state index contributed by atoms with van der Waals surface area (Å²) in [4.78, 5) is 13.4. The summed E-state index contributed by atoms with van der Waals surface area (Å²) in [5, 5.41) is 7.50. The van der Waals surface area contributed by atoms with Crippen molar-refractivity contribution in [3.05, 3.63) is 95.6 Å². The Labute approximate surface area is 195 Å². The Morgan fingerprint density at radius 3 is 2.56 bits per heavy atom. The van der Waals surface area contributed by atoms with Gasteiger partial charge in [-0.15, -0.1) is 0 Å². The molecular weight excluding hydrogens is 443 g/mol. The van der Waals surface area contributed by atoms with E-state index in [2.05, 4.69) is 5.32 Å². The van der Waals surface area contributed by atoms with Crippen LogP contribution in [0.3, 0.4) is 0 Å². The molecule has 1 amide bonds. The van der Waals surface area contributed by atoms with Crippen LogP contribution in [0.15, 0.2) is 78.9 Å². The van der Waals surface area contributed by atoms with Crippen molar-refractivity contribution in [2.45, 2.75) is 31.6 Å². The van der Waals surface area contributed by atoms with Gasteiger partial charge in [0.1, 0.15) is 11.3 Å². The number of methoxy groups -OCH3 is 1. The molecule has 176 valence electrons. The second kappa shape index (κ2) is 9.21. The maximum Gasteiger partial charge on any atom is 0.416 e. The minimum atomic E-state index is -4.46. The summed E-state index contributed by atoms with van der Waals surface area (Å²) in [6.45, 7) is 1.91. The maximum atomic E-state index is 13.4. The number of rotatable bonds is 6. The fourth-order valence-electron chi connectivity index (χ4n) is 3.94. The molecule has 0 spiro atoms. The number of aromatic nitrogens is 2. The molecule has 5 nitrogen and oxygen atoms in total. The Bertz CT molecular complexity index is 1250. The molecule has 1 unspecified atom stereocenters. The predicted molar refractivity (Wildman–Crippen MR) is 123 cm³/mol. The van der Waals surface area contributed by atoms with E-state index in [1.807, 2.05) is 61.6 Å². The van der Waals surface area contributed by atoms with Crippen LogP contribution in [0.2, 0.25) is 0 Å². The van der Waals surface area contributed by atoms with Crippen LogP contribution in [0.4, 0.5) is 13.2 Å². The average molecular weight is 467 g/mol. The van der Waals surface area contributed by atoms with Gasteiger partial charge in [-0.25, -0.2) is 4.68 Å². The molecule has 1 aliphatic rings. The molecule has 2 aromatic carbocycles. The highest BCUT2D eigenvalue weighted by atomic mass is 19.4. The Hall–Kier alpha value is -3.81. The highest BCUT2D eigenvalue weighted by Crippen LogP contribution is 2.37. The largest absolute Gasteiger partial charge is 0.481 e. The number of nitrogens with zero attached hydrogens (tertiary/aromatic N) is 2. The lowest BCUT2D eigenvalue weighted by molar-refractivity contribution is -0.137. The molecule has 0 saturated carbocycles. The van der Waals surface area contributed by atoms with Crippen molar-refractivity contribution >= 4 is 5.91 Å². The summed E-state index contributed by atoms with van der Waals surface area (Å²) in [6.07, 6.45) is 4.06. The average Bonchev–Trinajstić information content (AvgIpc) is 3.24. The van der Waals surface area contributed by atoms with Crippen LogP contribution in [0.25, 0.3) is 11.3 Å². The van der Waals surface area contributed by atoms with E-state index in [9.17, 15) is 18.0 Å². The zero-order valence-corrected chi connectivity index (χ0v) is 18.8. The SMILES string of the molecule is COc1c(C(=O)NCc2cccc(C(F)(F)F)c2)c(-c2ccccc2)nn1C1(C)C=CC=CC1. The molecule has 0 fully saturated rings. The maximum absolute atomic E-state index is 13.4. The number of allylic oxidation sites excluding steroid dienone is 4. The van der Waals surface area contributed by atoms with Gasteiger partial charge in [0.25, 0.3) is 5.91 Å². The van der Waals surface area contributed by atoms with Crippen molar-refractivity contribution in [1.29, 1.82) is 0 Å². The molecule has 8 heteroatoms. The molecule has 0 saturated heterocycles. The quantitative estimate of drug-likeness (QED) is 0.503. The van der Waals surface area contributed by atoms with Gasteiger partial charge in [0.2, 0.25) is 5.88 Å². The number of halogens is 3. The van der Waals surface area contributed by atoms with Crippen molar-refractivity contribution in [2.75, 3.05) is 7.11 Å². The van der Waals surface area contributed by atoms with Crippen LogP contribution in [0, 0.1) is 0 Å². The van der Waals surface area contributed by atoms with Crippen molar-refractivity contribution in [3.8, 4) is 17.1 Å². The van der Waals surface area contributed by atoms with Gasteiger partial charge in [-0.2, -0.15) is 18.3 Å². The lowest BCUT2D eigenvalue weighted by Crippen LogP contribution is -2.30. The number of carbonyl (C=O) groups is 1. The van der Waals surface area contributed by atoms with E-state index in [0.717, 1.165) is 17.7 Å². The molecule has 0 bridgehead atoms. The van der Waals surface area contributed by atoms with E-state index < -0.39 is 23.2 Å². The first kappa shape index (κ1) is 23.4. The van der Waals surface area contributed by atoms with E-state index in [0.29, 0.717) is 17.7 Å². The van der Waals surface area contributed by atoms with Gasteiger partial charge in [-0.05, 0) is 31.0 Å². The van der Waals surface area contributed by atoms with Crippen LogP contribution >= 0.6 is 0 Å². The number of carbonyl (C=O) groups excluding carboxylic acids is 1. The van der Waals surface area contributed by atoms with Crippen LogP contribution < -0.4 is 10.1 Å². The summed E-state index contributed by atoms with van der Waals surface area (Å²) in [5.41, 5.74) is 0.405. The molecule has 3 aromatic rings. The summed E-state index contributed by atoms with van der Waals surface area (Å²) in [7, 11) is 1.47. The fourth-order valence-corrected chi connectivity index (χ4v) is 3.94. The Morgan fingerprint density at radius 1 is 1.15 bits per heavy atom. The molecule has 1 atom stereocenters. The minimum Gasteiger partial charge on any atom is -0.481 e. The van der Waals surface area contributed by atoms with E-state index >= 15 is 0 Å². The zero-order chi connectivity index (χ0) is 24.3. The second-order valence-electron chi connectivity index (χ2n) is 8.24. The molecule has 4 rings (SSSR count). The van der Waals surface area contributed by atoms with Gasteiger partial charge in [0, 0.05) is 12.1 Å². The standard InChI is InChI=1S/C26H24F3N3O2/c1-25(14-7-4-8-15-25)32-24(34-2)21(22(31-32)19-11-5-3-6-12-19)23(33)30-17-18-10-9-13-20(16-18)26(27,28)29/h3-14,16H,15,17H2,1-2H3,(H,30,33). The van der Waals surface area contributed by atoms with E-state index in [4.69, 9.17) is 9.84 Å². The number of benzene rings is 2. The lowest BCUT2D eigenvalue weighted by Gasteiger charge is -2.28. The number of amides is 1. The molecular formula is C26H24F3N3O2. The van der Waals surface area contributed by atoms with Crippen molar-refractivity contribution in [3.63, 3.8) is 0 Å².